The minimum atomic E-state index is -4.34. The molecule has 3 rings (SSSR count). The molecule has 2 aliphatic rings. The second-order valence-corrected chi connectivity index (χ2v) is 8.59. The normalized spacial score (nSPS) is 22.9. The first-order valence-electron chi connectivity index (χ1n) is 9.01. The number of likely N-dealkylation sites (tertiary alicyclic amines) is 1. The van der Waals surface area contributed by atoms with Crippen LogP contribution in [0.5, 0.6) is 0 Å². The molecule has 2 fully saturated rings. The summed E-state index contributed by atoms with van der Waals surface area (Å²) < 4.78 is 39.8. The van der Waals surface area contributed by atoms with Crippen LogP contribution >= 0.6 is 11.8 Å². The van der Waals surface area contributed by atoms with Crippen molar-refractivity contribution in [2.24, 2.45) is 5.41 Å². The number of halogens is 3. The number of thioether (sulfide) groups is 1. The van der Waals surface area contributed by atoms with Crippen LogP contribution in [0.25, 0.3) is 0 Å². The summed E-state index contributed by atoms with van der Waals surface area (Å²) in [4.78, 5) is 2.49. The van der Waals surface area contributed by atoms with Gasteiger partial charge in [-0.05, 0) is 73.7 Å². The quantitative estimate of drug-likeness (QED) is 0.855. The molecule has 1 aromatic carbocycles. The lowest BCUT2D eigenvalue weighted by atomic mass is 9.73. The molecule has 0 saturated carbocycles. The van der Waals surface area contributed by atoms with E-state index in [9.17, 15) is 18.3 Å². The number of hydrogen-bond donors (Lipinski definition) is 1. The van der Waals surface area contributed by atoms with Crippen molar-refractivity contribution in [2.75, 3.05) is 31.2 Å². The average Bonchev–Trinajstić information content (AvgIpc) is 2.62. The van der Waals surface area contributed by atoms with Gasteiger partial charge >= 0.3 is 6.18 Å². The van der Waals surface area contributed by atoms with Crippen molar-refractivity contribution in [3.63, 3.8) is 0 Å². The third-order valence-corrected chi connectivity index (χ3v) is 6.84. The number of aliphatic hydroxyl groups is 1. The second kappa shape index (κ2) is 7.89. The molecule has 0 atom stereocenters. The van der Waals surface area contributed by atoms with Gasteiger partial charge in [0.1, 0.15) is 0 Å². The van der Waals surface area contributed by atoms with Gasteiger partial charge in [0.05, 0.1) is 5.56 Å². The van der Waals surface area contributed by atoms with Gasteiger partial charge in [0.15, 0.2) is 0 Å². The summed E-state index contributed by atoms with van der Waals surface area (Å²) in [5.74, 6) is 2.40. The molecule has 2 nitrogen and oxygen atoms in total. The first kappa shape index (κ1) is 19.1. The number of alkyl halides is 3. The van der Waals surface area contributed by atoms with E-state index in [0.29, 0.717) is 18.0 Å². The summed E-state index contributed by atoms with van der Waals surface area (Å²) in [5.41, 5.74) is -0.678. The van der Waals surface area contributed by atoms with Crippen molar-refractivity contribution in [3.05, 3.63) is 35.4 Å². The van der Waals surface area contributed by atoms with E-state index in [-0.39, 0.29) is 6.61 Å². The van der Waals surface area contributed by atoms with Gasteiger partial charge in [-0.3, -0.25) is 0 Å². The fraction of sp³-hybridized carbons (Fsp3) is 0.684. The Kier molecular flexibility index (Phi) is 6.01. The lowest BCUT2D eigenvalue weighted by molar-refractivity contribution is -0.138. The molecule has 0 aromatic heterocycles. The predicted octanol–water partition coefficient (Wildman–Crippen LogP) is 4.22. The summed E-state index contributed by atoms with van der Waals surface area (Å²) in [7, 11) is 0. The molecule has 2 heterocycles. The van der Waals surface area contributed by atoms with Crippen LogP contribution in [0.2, 0.25) is 0 Å². The molecule has 6 heteroatoms. The van der Waals surface area contributed by atoms with Crippen LogP contribution in [-0.4, -0.2) is 47.3 Å². The Labute approximate surface area is 151 Å². The van der Waals surface area contributed by atoms with Crippen molar-refractivity contribution in [2.45, 2.75) is 44.3 Å². The molecule has 2 aliphatic heterocycles. The zero-order valence-corrected chi connectivity index (χ0v) is 15.2. The highest BCUT2D eigenvalue weighted by Crippen LogP contribution is 2.40. The molecule has 0 radical (unpaired) electrons. The summed E-state index contributed by atoms with van der Waals surface area (Å²) in [6.07, 6.45) is -0.110. The molecular weight excluding hydrogens is 347 g/mol. The monoisotopic (exact) mass is 373 g/mol. The van der Waals surface area contributed by atoms with Crippen LogP contribution in [0.1, 0.15) is 36.8 Å². The van der Waals surface area contributed by atoms with Gasteiger partial charge in [0, 0.05) is 12.6 Å². The smallest absolute Gasteiger partial charge is 0.396 e. The minimum Gasteiger partial charge on any atom is -0.396 e. The van der Waals surface area contributed by atoms with Crippen LogP contribution in [0.15, 0.2) is 24.3 Å². The van der Waals surface area contributed by atoms with Crippen molar-refractivity contribution >= 4 is 11.8 Å². The number of rotatable bonds is 4. The van der Waals surface area contributed by atoms with E-state index >= 15 is 0 Å². The molecule has 140 valence electrons. The standard InChI is InChI=1S/C19H26F3NOS/c20-19(21,22)17-4-2-1-3-15(17)13-18(14-24)7-9-23(10-8-18)16-5-11-25-12-6-16/h1-4,16,24H,5-14H2. The zero-order chi connectivity index (χ0) is 17.9. The molecule has 0 aliphatic carbocycles. The molecule has 0 unspecified atom stereocenters. The Morgan fingerprint density at radius 1 is 1.12 bits per heavy atom. The van der Waals surface area contributed by atoms with Crippen LogP contribution in [0, 0.1) is 5.41 Å². The third kappa shape index (κ3) is 4.52. The van der Waals surface area contributed by atoms with Gasteiger partial charge in [-0.15, -0.1) is 0 Å². The van der Waals surface area contributed by atoms with Gasteiger partial charge in [-0.25, -0.2) is 0 Å². The van der Waals surface area contributed by atoms with E-state index in [1.807, 2.05) is 11.8 Å². The topological polar surface area (TPSA) is 23.5 Å². The Balaban J connectivity index is 1.69. The van der Waals surface area contributed by atoms with Crippen LogP contribution in [0.4, 0.5) is 13.2 Å². The Morgan fingerprint density at radius 2 is 1.76 bits per heavy atom. The number of piperidine rings is 1. The van der Waals surface area contributed by atoms with E-state index in [2.05, 4.69) is 4.90 Å². The minimum absolute atomic E-state index is 0.0481. The molecule has 0 spiro atoms. The molecule has 0 amide bonds. The Hall–Kier alpha value is -0.720. The molecule has 25 heavy (non-hydrogen) atoms. The molecule has 0 bridgehead atoms. The fourth-order valence-corrected chi connectivity index (χ4v) is 5.24. The third-order valence-electron chi connectivity index (χ3n) is 5.79. The van der Waals surface area contributed by atoms with Crippen LogP contribution in [0.3, 0.4) is 0 Å². The van der Waals surface area contributed by atoms with E-state index < -0.39 is 17.2 Å². The lowest BCUT2D eigenvalue weighted by Gasteiger charge is -2.45. The zero-order valence-electron chi connectivity index (χ0n) is 14.4. The first-order valence-corrected chi connectivity index (χ1v) is 10.2. The SMILES string of the molecule is OCC1(Cc2ccccc2C(F)(F)F)CCN(C2CCSCC2)CC1. The number of hydrogen-bond acceptors (Lipinski definition) is 3. The largest absolute Gasteiger partial charge is 0.416 e. The first-order chi connectivity index (χ1) is 11.9. The van der Waals surface area contributed by atoms with E-state index in [4.69, 9.17) is 0 Å². The summed E-state index contributed by atoms with van der Waals surface area (Å²) in [6, 6.07) is 6.41. The summed E-state index contributed by atoms with van der Waals surface area (Å²) >= 11 is 2.00. The predicted molar refractivity (Wildman–Crippen MR) is 95.8 cm³/mol. The van der Waals surface area contributed by atoms with Crippen molar-refractivity contribution < 1.29 is 18.3 Å². The highest BCUT2D eigenvalue weighted by Gasteiger charge is 2.39. The van der Waals surface area contributed by atoms with E-state index in [1.165, 1.54) is 30.4 Å². The maximum absolute atomic E-state index is 13.3. The van der Waals surface area contributed by atoms with Crippen molar-refractivity contribution in [1.29, 1.82) is 0 Å². The fourth-order valence-electron chi connectivity index (χ4n) is 4.16. The molecule has 2 saturated heterocycles. The van der Waals surface area contributed by atoms with Crippen molar-refractivity contribution in [3.8, 4) is 0 Å². The van der Waals surface area contributed by atoms with Gasteiger partial charge in [0.2, 0.25) is 0 Å². The average molecular weight is 373 g/mol. The number of nitrogens with zero attached hydrogens (tertiary/aromatic N) is 1. The van der Waals surface area contributed by atoms with E-state index in [1.54, 1.807) is 12.1 Å². The second-order valence-electron chi connectivity index (χ2n) is 7.37. The Bertz CT molecular complexity index is 564. The Morgan fingerprint density at radius 3 is 2.36 bits per heavy atom. The maximum Gasteiger partial charge on any atom is 0.416 e. The van der Waals surface area contributed by atoms with Crippen LogP contribution < -0.4 is 0 Å². The number of benzene rings is 1. The van der Waals surface area contributed by atoms with Gasteiger partial charge in [-0.2, -0.15) is 24.9 Å². The molecule has 1 N–H and O–H groups in total. The van der Waals surface area contributed by atoms with Gasteiger partial charge < -0.3 is 10.0 Å². The van der Waals surface area contributed by atoms with E-state index in [0.717, 1.165) is 32.0 Å². The van der Waals surface area contributed by atoms with Gasteiger partial charge in [0.25, 0.3) is 0 Å². The highest BCUT2D eigenvalue weighted by atomic mass is 32.2. The maximum atomic E-state index is 13.3. The summed E-state index contributed by atoms with van der Waals surface area (Å²) in [6.45, 7) is 1.71. The molecule has 1 aromatic rings. The van der Waals surface area contributed by atoms with Gasteiger partial charge in [-0.1, -0.05) is 18.2 Å². The number of aliphatic hydroxyl groups excluding tert-OH is 1. The molecular formula is C19H26F3NOS. The summed E-state index contributed by atoms with van der Waals surface area (Å²) in [5, 5.41) is 9.99. The lowest BCUT2D eigenvalue weighted by Crippen LogP contribution is -2.48. The van der Waals surface area contributed by atoms with Crippen LogP contribution in [-0.2, 0) is 12.6 Å². The van der Waals surface area contributed by atoms with Crippen molar-refractivity contribution in [1.82, 2.24) is 4.90 Å². The highest BCUT2D eigenvalue weighted by molar-refractivity contribution is 7.99.